The van der Waals surface area contributed by atoms with Crippen LogP contribution >= 0.6 is 0 Å². The maximum atomic E-state index is 12.9. The smallest absolute Gasteiger partial charge is 0.0379 e. The fourth-order valence-corrected chi connectivity index (χ4v) is 1.89. The molecule has 0 bridgehead atoms. The first-order valence-electron chi connectivity index (χ1n) is 5.36. The number of fused-ring (bicyclic) bond motifs is 1. The summed E-state index contributed by atoms with van der Waals surface area (Å²) in [6.07, 6.45) is 1.76. The number of rotatable bonds is 1. The summed E-state index contributed by atoms with van der Waals surface area (Å²) in [5, 5.41) is 1.07. The Kier molecular flexibility index (Phi) is 3.85. The van der Waals surface area contributed by atoms with Gasteiger partial charge in [0.1, 0.15) is 0 Å². The van der Waals surface area contributed by atoms with E-state index < -0.39 is 0 Å². The van der Waals surface area contributed by atoms with E-state index in [4.69, 9.17) is 0 Å². The van der Waals surface area contributed by atoms with Crippen LogP contribution in [0.25, 0.3) is 22.0 Å². The summed E-state index contributed by atoms with van der Waals surface area (Å²) in [6, 6.07) is 17.3. The van der Waals surface area contributed by atoms with Crippen LogP contribution < -0.4 is 0 Å². The zero-order valence-corrected chi connectivity index (χ0v) is 11.7. The molecule has 3 rings (SSSR count). The van der Waals surface area contributed by atoms with Crippen LogP contribution in [0.4, 0.5) is 4.39 Å². The molecule has 1 nitrogen and oxygen atoms in total. The van der Waals surface area contributed by atoms with Crippen molar-refractivity contribution in [2.45, 2.75) is 0 Å². The van der Waals surface area contributed by atoms with Gasteiger partial charge >= 0.3 is 0 Å². The number of nitrogens with zero attached hydrogens (tertiary/aromatic N) is 1. The fourth-order valence-electron chi connectivity index (χ4n) is 1.89. The van der Waals surface area contributed by atoms with Crippen molar-refractivity contribution >= 4 is 10.9 Å². The third-order valence-corrected chi connectivity index (χ3v) is 2.70. The van der Waals surface area contributed by atoms with Gasteiger partial charge in [0.2, 0.25) is 0 Å². The van der Waals surface area contributed by atoms with Crippen molar-refractivity contribution in [1.82, 2.24) is 4.98 Å². The predicted octanol–water partition coefficient (Wildman–Crippen LogP) is 3.84. The normalized spacial score (nSPS) is 10.1. The average molecular weight is 414 g/mol. The van der Waals surface area contributed by atoms with Crippen LogP contribution in [-0.2, 0) is 20.1 Å². The van der Waals surface area contributed by atoms with E-state index in [1.165, 1.54) is 12.1 Å². The van der Waals surface area contributed by atoms with Crippen LogP contribution in [-0.4, -0.2) is 4.98 Å². The molecule has 18 heavy (non-hydrogen) atoms. The van der Waals surface area contributed by atoms with Crippen LogP contribution in [0.5, 0.6) is 0 Å². The van der Waals surface area contributed by atoms with Gasteiger partial charge in [-0.3, -0.25) is 9.37 Å². The second-order valence-electron chi connectivity index (χ2n) is 3.80. The predicted molar refractivity (Wildman–Crippen MR) is 66.0 cm³/mol. The number of hydrogen-bond donors (Lipinski definition) is 0. The zero-order valence-electron chi connectivity index (χ0n) is 9.35. The summed E-state index contributed by atoms with van der Waals surface area (Å²) >= 11 is 0. The molecule has 0 aliphatic rings. The van der Waals surface area contributed by atoms with E-state index in [0.717, 1.165) is 22.0 Å². The van der Waals surface area contributed by atoms with Gasteiger partial charge < -0.3 is 0 Å². The van der Waals surface area contributed by atoms with Crippen molar-refractivity contribution < 1.29 is 24.5 Å². The van der Waals surface area contributed by atoms with Crippen molar-refractivity contribution in [3.63, 3.8) is 0 Å². The Labute approximate surface area is 118 Å². The van der Waals surface area contributed by atoms with E-state index in [1.807, 2.05) is 30.3 Å². The Morgan fingerprint density at radius 3 is 2.61 bits per heavy atom. The molecule has 0 unspecified atom stereocenters. The van der Waals surface area contributed by atoms with Crippen molar-refractivity contribution in [1.29, 1.82) is 0 Å². The molecule has 0 spiro atoms. The summed E-state index contributed by atoms with van der Waals surface area (Å²) in [5.41, 5.74) is 2.75. The standard InChI is InChI=1S/C15H9FN.Ir/c16-13-8-6-11(7-9-13)14-5-1-3-12-4-2-10-17-15(12)14;/h1-6,8-10H;/q-1;. The number of aromatic nitrogens is 1. The molecule has 0 N–H and O–H groups in total. The molecule has 0 aliphatic heterocycles. The van der Waals surface area contributed by atoms with Crippen LogP contribution in [0, 0.1) is 11.9 Å². The number of hydrogen-bond acceptors (Lipinski definition) is 1. The molecule has 2 aromatic carbocycles. The molecule has 1 heterocycles. The molecule has 0 fully saturated rings. The first-order valence-corrected chi connectivity index (χ1v) is 5.36. The Hall–Kier alpha value is -1.57. The molecule has 1 aromatic heterocycles. The van der Waals surface area contributed by atoms with Crippen molar-refractivity contribution in [3.05, 3.63) is 66.6 Å². The molecule has 0 saturated carbocycles. The van der Waals surface area contributed by atoms with Crippen molar-refractivity contribution in [2.75, 3.05) is 0 Å². The molecule has 91 valence electrons. The monoisotopic (exact) mass is 415 g/mol. The van der Waals surface area contributed by atoms with Gasteiger partial charge in [-0.05, 0) is 11.5 Å². The molecule has 0 saturated heterocycles. The Morgan fingerprint density at radius 1 is 1.00 bits per heavy atom. The van der Waals surface area contributed by atoms with Crippen molar-refractivity contribution in [3.8, 4) is 11.1 Å². The van der Waals surface area contributed by atoms with Gasteiger partial charge in [-0.25, -0.2) is 0 Å². The van der Waals surface area contributed by atoms with Gasteiger partial charge in [0, 0.05) is 37.6 Å². The summed E-state index contributed by atoms with van der Waals surface area (Å²) in [7, 11) is 0. The minimum absolute atomic E-state index is 0. The Bertz CT molecular complexity index is 659. The van der Waals surface area contributed by atoms with Gasteiger partial charge in [-0.15, -0.1) is 29.8 Å². The van der Waals surface area contributed by atoms with Crippen molar-refractivity contribution in [2.24, 2.45) is 0 Å². The Balaban J connectivity index is 0.00000120. The van der Waals surface area contributed by atoms with Gasteiger partial charge in [0.05, 0.1) is 0 Å². The SMILES string of the molecule is Fc1c[c-]c(-c2cccc3cccnc23)cc1.[Ir]. The maximum Gasteiger partial charge on any atom is 0.0379 e. The quantitative estimate of drug-likeness (QED) is 0.552. The van der Waals surface area contributed by atoms with Crippen LogP contribution in [0.2, 0.25) is 0 Å². The largest absolute Gasteiger partial charge is 0.266 e. The minimum Gasteiger partial charge on any atom is -0.266 e. The average Bonchev–Trinajstić information content (AvgIpc) is 2.39. The molecule has 3 heteroatoms. The van der Waals surface area contributed by atoms with E-state index in [2.05, 4.69) is 11.1 Å². The fraction of sp³-hybridized carbons (Fsp3) is 0. The molecule has 0 atom stereocenters. The second-order valence-corrected chi connectivity index (χ2v) is 3.80. The summed E-state index contributed by atoms with van der Waals surface area (Å²) in [4.78, 5) is 4.37. The van der Waals surface area contributed by atoms with E-state index >= 15 is 0 Å². The molecule has 3 aromatic rings. The van der Waals surface area contributed by atoms with E-state index in [1.54, 1.807) is 12.3 Å². The van der Waals surface area contributed by atoms with Gasteiger partial charge in [0.15, 0.2) is 0 Å². The molecular formula is C15H9FIrN-. The van der Waals surface area contributed by atoms with E-state index in [-0.39, 0.29) is 25.9 Å². The van der Waals surface area contributed by atoms with E-state index in [0.29, 0.717) is 0 Å². The molecule has 0 amide bonds. The third kappa shape index (κ3) is 2.33. The first-order chi connectivity index (χ1) is 8.34. The van der Waals surface area contributed by atoms with Gasteiger partial charge in [-0.1, -0.05) is 29.8 Å². The van der Waals surface area contributed by atoms with Crippen LogP contribution in [0.15, 0.2) is 54.7 Å². The Morgan fingerprint density at radius 2 is 1.83 bits per heavy atom. The molecule has 0 aliphatic carbocycles. The van der Waals surface area contributed by atoms with Gasteiger partial charge in [-0.2, -0.15) is 0 Å². The summed E-state index contributed by atoms with van der Waals surface area (Å²) < 4.78 is 12.9. The maximum absolute atomic E-state index is 12.9. The van der Waals surface area contributed by atoms with Gasteiger partial charge in [0.25, 0.3) is 0 Å². The van der Waals surface area contributed by atoms with Crippen LogP contribution in [0.1, 0.15) is 0 Å². The second kappa shape index (κ2) is 5.38. The topological polar surface area (TPSA) is 12.9 Å². The van der Waals surface area contributed by atoms with Crippen LogP contribution in [0.3, 0.4) is 0 Å². The minimum atomic E-state index is -0.276. The number of para-hydroxylation sites is 1. The van der Waals surface area contributed by atoms with E-state index in [9.17, 15) is 4.39 Å². The molecular weight excluding hydrogens is 405 g/mol. The summed E-state index contributed by atoms with van der Waals surface area (Å²) in [5.74, 6) is -0.276. The molecule has 1 radical (unpaired) electrons. The number of pyridine rings is 1. The zero-order chi connectivity index (χ0) is 11.7. The summed E-state index contributed by atoms with van der Waals surface area (Å²) in [6.45, 7) is 0. The third-order valence-electron chi connectivity index (χ3n) is 2.70. The number of halogens is 1. The first kappa shape index (κ1) is 12.9. The number of benzene rings is 2.